The van der Waals surface area contributed by atoms with E-state index in [9.17, 15) is 21.8 Å². The standard InChI is InChI=1S/C18H12F4N2O3S/c19-13-5-7-14(8-6-13)27-17-23-15(9-16(24-17)18(20,21)22)12-3-1-11(2-4-12)10-28(25)26/h1-9H,10H2,(H,25,26). The number of ether oxygens (including phenoxy) is 1. The third-order valence-electron chi connectivity index (χ3n) is 3.56. The Morgan fingerprint density at radius 1 is 1.00 bits per heavy atom. The molecule has 1 atom stereocenters. The molecule has 2 aromatic carbocycles. The minimum atomic E-state index is -4.73. The van der Waals surface area contributed by atoms with Crippen LogP contribution in [0.4, 0.5) is 17.6 Å². The molecular weight excluding hydrogens is 400 g/mol. The Hall–Kier alpha value is -2.85. The van der Waals surface area contributed by atoms with Crippen LogP contribution in [0, 0.1) is 5.82 Å². The first-order valence-electron chi connectivity index (χ1n) is 7.77. The quantitative estimate of drug-likeness (QED) is 0.481. The lowest BCUT2D eigenvalue weighted by Gasteiger charge is -2.11. The summed E-state index contributed by atoms with van der Waals surface area (Å²) in [6.07, 6.45) is -4.73. The highest BCUT2D eigenvalue weighted by molar-refractivity contribution is 7.78. The summed E-state index contributed by atoms with van der Waals surface area (Å²) in [5.74, 6) is -0.550. The smallest absolute Gasteiger partial charge is 0.424 e. The van der Waals surface area contributed by atoms with Crippen LogP contribution in [0.25, 0.3) is 11.3 Å². The maximum absolute atomic E-state index is 13.2. The molecule has 0 aliphatic carbocycles. The highest BCUT2D eigenvalue weighted by Gasteiger charge is 2.34. The first-order chi connectivity index (χ1) is 13.2. The lowest BCUT2D eigenvalue weighted by atomic mass is 10.1. The van der Waals surface area contributed by atoms with Gasteiger partial charge in [0.25, 0.3) is 0 Å². The molecule has 1 aromatic heterocycles. The Morgan fingerprint density at radius 3 is 2.21 bits per heavy atom. The first-order valence-corrected chi connectivity index (χ1v) is 9.05. The van der Waals surface area contributed by atoms with Gasteiger partial charge < -0.3 is 9.29 Å². The average molecular weight is 412 g/mol. The topological polar surface area (TPSA) is 72.3 Å². The summed E-state index contributed by atoms with van der Waals surface area (Å²) in [6.45, 7) is 0. The van der Waals surface area contributed by atoms with Gasteiger partial charge >= 0.3 is 12.2 Å². The van der Waals surface area contributed by atoms with Gasteiger partial charge in [0.05, 0.1) is 11.4 Å². The molecule has 5 nitrogen and oxygen atoms in total. The van der Waals surface area contributed by atoms with Crippen molar-refractivity contribution in [2.24, 2.45) is 0 Å². The second-order valence-electron chi connectivity index (χ2n) is 5.64. The molecule has 0 spiro atoms. The SMILES string of the molecule is O=S(O)Cc1ccc(-c2cc(C(F)(F)F)nc(Oc3ccc(F)cc3)n2)cc1. The van der Waals surface area contributed by atoms with E-state index in [0.29, 0.717) is 11.1 Å². The Kier molecular flexibility index (Phi) is 5.71. The Balaban J connectivity index is 1.98. The van der Waals surface area contributed by atoms with Crippen LogP contribution in [-0.4, -0.2) is 18.7 Å². The van der Waals surface area contributed by atoms with Gasteiger partial charge in [-0.2, -0.15) is 23.1 Å². The lowest BCUT2D eigenvalue weighted by Crippen LogP contribution is -2.10. The molecule has 1 N–H and O–H groups in total. The number of alkyl halides is 3. The largest absolute Gasteiger partial charge is 0.433 e. The molecule has 1 unspecified atom stereocenters. The van der Waals surface area contributed by atoms with Gasteiger partial charge in [0.15, 0.2) is 16.8 Å². The van der Waals surface area contributed by atoms with Crippen LogP contribution in [0.5, 0.6) is 11.8 Å². The van der Waals surface area contributed by atoms with E-state index in [1.807, 2.05) is 0 Å². The van der Waals surface area contributed by atoms with Crippen molar-refractivity contribution in [2.45, 2.75) is 11.9 Å². The second kappa shape index (κ2) is 8.03. The van der Waals surface area contributed by atoms with Crippen molar-refractivity contribution in [1.82, 2.24) is 9.97 Å². The van der Waals surface area contributed by atoms with Crippen LogP contribution in [0.2, 0.25) is 0 Å². The summed E-state index contributed by atoms with van der Waals surface area (Å²) in [4.78, 5) is 7.37. The summed E-state index contributed by atoms with van der Waals surface area (Å²) < 4.78 is 77.6. The fourth-order valence-electron chi connectivity index (χ4n) is 2.29. The fraction of sp³-hybridized carbons (Fsp3) is 0.111. The van der Waals surface area contributed by atoms with Gasteiger partial charge in [-0.3, -0.25) is 0 Å². The van der Waals surface area contributed by atoms with E-state index in [2.05, 4.69) is 9.97 Å². The predicted molar refractivity (Wildman–Crippen MR) is 93.4 cm³/mol. The number of benzene rings is 2. The molecule has 28 heavy (non-hydrogen) atoms. The number of nitrogens with zero attached hydrogens (tertiary/aromatic N) is 2. The zero-order valence-electron chi connectivity index (χ0n) is 14.0. The van der Waals surface area contributed by atoms with Gasteiger partial charge in [0.1, 0.15) is 11.6 Å². The molecule has 0 saturated heterocycles. The van der Waals surface area contributed by atoms with Gasteiger partial charge in [0.2, 0.25) is 0 Å². The van der Waals surface area contributed by atoms with Gasteiger partial charge in [-0.15, -0.1) is 0 Å². The molecule has 146 valence electrons. The van der Waals surface area contributed by atoms with E-state index >= 15 is 0 Å². The van der Waals surface area contributed by atoms with E-state index in [1.54, 1.807) is 0 Å². The Labute approximate surface area is 159 Å². The monoisotopic (exact) mass is 412 g/mol. The van der Waals surface area contributed by atoms with Crippen LogP contribution in [0.15, 0.2) is 54.6 Å². The van der Waals surface area contributed by atoms with Gasteiger partial charge in [0, 0.05) is 5.56 Å². The third kappa shape index (κ3) is 5.11. The van der Waals surface area contributed by atoms with Gasteiger partial charge in [-0.05, 0) is 35.9 Å². The molecule has 0 radical (unpaired) electrons. The molecule has 0 aliphatic rings. The predicted octanol–water partition coefficient (Wildman–Crippen LogP) is 4.82. The summed E-state index contributed by atoms with van der Waals surface area (Å²) in [5.41, 5.74) is -0.368. The number of hydrogen-bond donors (Lipinski definition) is 1. The molecule has 10 heteroatoms. The minimum absolute atomic E-state index is 0.0453. The Morgan fingerprint density at radius 2 is 1.64 bits per heavy atom. The lowest BCUT2D eigenvalue weighted by molar-refractivity contribution is -0.141. The number of halogens is 4. The second-order valence-corrected chi connectivity index (χ2v) is 6.57. The van der Waals surface area contributed by atoms with Crippen LogP contribution < -0.4 is 4.74 Å². The summed E-state index contributed by atoms with van der Waals surface area (Å²) in [5, 5.41) is 0. The zero-order chi connectivity index (χ0) is 20.3. The van der Waals surface area contributed by atoms with Gasteiger partial charge in [-0.1, -0.05) is 24.3 Å². The van der Waals surface area contributed by atoms with Crippen molar-refractivity contribution in [3.8, 4) is 23.0 Å². The summed E-state index contributed by atoms with van der Waals surface area (Å²) in [7, 11) is 0. The molecule has 0 aliphatic heterocycles. The molecule has 3 rings (SSSR count). The minimum Gasteiger partial charge on any atom is -0.424 e. The molecule has 1 heterocycles. The van der Waals surface area contributed by atoms with Gasteiger partial charge in [-0.25, -0.2) is 8.60 Å². The highest BCUT2D eigenvalue weighted by Crippen LogP contribution is 2.32. The van der Waals surface area contributed by atoms with Crippen molar-refractivity contribution in [3.05, 3.63) is 71.7 Å². The first kappa shape index (κ1) is 19.9. The van der Waals surface area contributed by atoms with Crippen LogP contribution in [-0.2, 0) is 23.0 Å². The molecular formula is C18H12F4N2O3S. The summed E-state index contributed by atoms with van der Waals surface area (Å²) in [6, 6.07) is 10.9. The molecule has 0 bridgehead atoms. The number of rotatable bonds is 5. The van der Waals surface area contributed by atoms with E-state index in [4.69, 9.17) is 9.29 Å². The van der Waals surface area contributed by atoms with Crippen LogP contribution in [0.1, 0.15) is 11.3 Å². The van der Waals surface area contributed by atoms with E-state index in [1.165, 1.54) is 36.4 Å². The van der Waals surface area contributed by atoms with E-state index in [0.717, 1.165) is 18.2 Å². The summed E-state index contributed by atoms with van der Waals surface area (Å²) >= 11 is -2.03. The molecule has 0 fully saturated rings. The maximum atomic E-state index is 13.2. The van der Waals surface area contributed by atoms with Crippen molar-refractivity contribution in [1.29, 1.82) is 0 Å². The van der Waals surface area contributed by atoms with E-state index in [-0.39, 0.29) is 17.2 Å². The van der Waals surface area contributed by atoms with Crippen molar-refractivity contribution >= 4 is 11.1 Å². The Bertz CT molecular complexity index is 993. The van der Waals surface area contributed by atoms with Crippen LogP contribution in [0.3, 0.4) is 0 Å². The highest BCUT2D eigenvalue weighted by atomic mass is 32.2. The average Bonchev–Trinajstić information content (AvgIpc) is 2.63. The third-order valence-corrected chi connectivity index (χ3v) is 4.14. The van der Waals surface area contributed by atoms with E-state index < -0.39 is 34.8 Å². The molecule has 0 amide bonds. The zero-order valence-corrected chi connectivity index (χ0v) is 14.8. The molecule has 0 saturated carbocycles. The number of hydrogen-bond acceptors (Lipinski definition) is 4. The van der Waals surface area contributed by atoms with Crippen molar-refractivity contribution in [2.75, 3.05) is 0 Å². The van der Waals surface area contributed by atoms with Crippen molar-refractivity contribution < 1.29 is 31.1 Å². The fourth-order valence-corrected chi connectivity index (χ4v) is 2.76. The van der Waals surface area contributed by atoms with Crippen molar-refractivity contribution in [3.63, 3.8) is 0 Å². The van der Waals surface area contributed by atoms with Crippen LogP contribution >= 0.6 is 0 Å². The normalized spacial score (nSPS) is 12.6. The maximum Gasteiger partial charge on any atom is 0.433 e. The molecule has 3 aromatic rings. The number of aromatic nitrogens is 2.